The second-order valence-corrected chi connectivity index (χ2v) is 6.52. The molecule has 0 spiro atoms. The molecule has 0 aliphatic carbocycles. The minimum Gasteiger partial charge on any atom is -0.491 e. The third-order valence-corrected chi connectivity index (χ3v) is 3.05. The fraction of sp³-hybridized carbons (Fsp3) is 0.571. The Hall–Kier alpha value is -0.330. The Morgan fingerprint density at radius 2 is 1.72 bits per heavy atom. The molecule has 0 heterocycles. The van der Waals surface area contributed by atoms with Gasteiger partial charge in [-0.15, -0.1) is 0 Å². The van der Waals surface area contributed by atoms with Gasteiger partial charge in [0.25, 0.3) is 0 Å². The molecule has 1 aromatic rings. The average molecular weight is 364 g/mol. The number of benzene rings is 1. The first kappa shape index (κ1) is 15.7. The Bertz CT molecular complexity index is 333. The number of nitrogens with two attached hydrogens (primary N) is 1. The fourth-order valence-corrected chi connectivity index (χ4v) is 1.79. The largest absolute Gasteiger partial charge is 0.491 e. The highest BCUT2D eigenvalue weighted by molar-refractivity contribution is 14.1. The molecule has 0 saturated heterocycles. The Morgan fingerprint density at radius 1 is 1.06 bits per heavy atom. The molecule has 4 heteroatoms. The van der Waals surface area contributed by atoms with Gasteiger partial charge in [0, 0.05) is 3.57 Å². The summed E-state index contributed by atoms with van der Waals surface area (Å²) in [5.74, 6) is 0.903. The van der Waals surface area contributed by atoms with Gasteiger partial charge in [0.1, 0.15) is 12.4 Å². The predicted molar refractivity (Wildman–Crippen MR) is 82.0 cm³/mol. The van der Waals surface area contributed by atoms with E-state index in [1.54, 1.807) is 0 Å². The summed E-state index contributed by atoms with van der Waals surface area (Å²) < 4.78 is 12.3. The highest BCUT2D eigenvalue weighted by atomic mass is 127. The molecule has 1 aromatic carbocycles. The van der Waals surface area contributed by atoms with E-state index in [4.69, 9.17) is 9.47 Å². The summed E-state index contributed by atoms with van der Waals surface area (Å²) >= 11 is 2.28. The van der Waals surface area contributed by atoms with E-state index in [0.29, 0.717) is 13.2 Å². The number of hydrogen-bond acceptors (Lipinski definition) is 2. The van der Waals surface area contributed by atoms with Crippen LogP contribution < -0.4 is 10.1 Å². The summed E-state index contributed by atoms with van der Waals surface area (Å²) in [4.78, 5) is 0. The molecule has 18 heavy (non-hydrogen) atoms. The zero-order chi connectivity index (χ0) is 13.4. The molecule has 3 nitrogen and oxygen atoms in total. The van der Waals surface area contributed by atoms with Crippen LogP contribution >= 0.6 is 22.6 Å². The molecule has 0 aliphatic heterocycles. The lowest BCUT2D eigenvalue weighted by Gasteiger charge is -2.16. The molecule has 0 bridgehead atoms. The van der Waals surface area contributed by atoms with E-state index in [9.17, 15) is 0 Å². The summed E-state index contributed by atoms with van der Waals surface area (Å²) in [7, 11) is 0. The highest BCUT2D eigenvalue weighted by Crippen LogP contribution is 2.13. The third-order valence-electron chi connectivity index (χ3n) is 2.33. The lowest BCUT2D eigenvalue weighted by Crippen LogP contribution is -2.95. The summed E-state index contributed by atoms with van der Waals surface area (Å²) in [6.45, 7) is 9.62. The first-order chi connectivity index (χ1) is 8.47. The van der Waals surface area contributed by atoms with Gasteiger partial charge in [-0.25, -0.2) is 0 Å². The van der Waals surface area contributed by atoms with Gasteiger partial charge < -0.3 is 14.8 Å². The summed E-state index contributed by atoms with van der Waals surface area (Å²) in [6.07, 6.45) is 0. The van der Waals surface area contributed by atoms with Crippen molar-refractivity contribution in [3.05, 3.63) is 27.8 Å². The fourth-order valence-electron chi connectivity index (χ4n) is 1.43. The summed E-state index contributed by atoms with van der Waals surface area (Å²) in [6, 6.07) is 8.04. The van der Waals surface area contributed by atoms with Gasteiger partial charge in [-0.1, -0.05) is 0 Å². The van der Waals surface area contributed by atoms with Crippen LogP contribution in [0, 0.1) is 3.57 Å². The van der Waals surface area contributed by atoms with Gasteiger partial charge in [-0.2, -0.15) is 0 Å². The Morgan fingerprint density at radius 3 is 2.33 bits per heavy atom. The van der Waals surface area contributed by atoms with E-state index in [2.05, 4.69) is 48.7 Å². The Balaban J connectivity index is 2.00. The van der Waals surface area contributed by atoms with Gasteiger partial charge in [0.15, 0.2) is 0 Å². The minimum atomic E-state index is 0.279. The molecule has 0 aliphatic rings. The maximum absolute atomic E-state index is 5.57. The maximum Gasteiger partial charge on any atom is 0.119 e. The molecule has 0 radical (unpaired) electrons. The van der Waals surface area contributed by atoms with Crippen LogP contribution in [0.3, 0.4) is 0 Å². The molecule has 0 fully saturated rings. The monoisotopic (exact) mass is 364 g/mol. The topological polar surface area (TPSA) is 35.1 Å². The third kappa shape index (κ3) is 7.89. The molecule has 0 aromatic heterocycles. The van der Waals surface area contributed by atoms with E-state index in [0.717, 1.165) is 18.9 Å². The summed E-state index contributed by atoms with van der Waals surface area (Å²) in [5, 5.41) is 2.28. The van der Waals surface area contributed by atoms with Crippen molar-refractivity contribution < 1.29 is 14.8 Å². The lowest BCUT2D eigenvalue weighted by atomic mass is 10.1. The van der Waals surface area contributed by atoms with Gasteiger partial charge in [-0.05, 0) is 67.6 Å². The SMILES string of the molecule is CC(C)(C)[NH2+]CCOCCOc1ccc(I)cc1. The van der Waals surface area contributed by atoms with Crippen LogP contribution in [-0.2, 0) is 4.74 Å². The van der Waals surface area contributed by atoms with Crippen molar-refractivity contribution in [2.75, 3.05) is 26.4 Å². The van der Waals surface area contributed by atoms with E-state index < -0.39 is 0 Å². The molecule has 1 rings (SSSR count). The zero-order valence-electron chi connectivity index (χ0n) is 11.4. The molecule has 0 atom stereocenters. The van der Waals surface area contributed by atoms with E-state index in [-0.39, 0.29) is 5.54 Å². The lowest BCUT2D eigenvalue weighted by molar-refractivity contribution is -0.718. The number of ether oxygens (including phenoxy) is 2. The van der Waals surface area contributed by atoms with Gasteiger partial charge >= 0.3 is 0 Å². The summed E-state index contributed by atoms with van der Waals surface area (Å²) in [5.41, 5.74) is 0.279. The standard InChI is InChI=1S/C14H22INO2/c1-14(2,3)16-8-9-17-10-11-18-13-6-4-12(15)5-7-13/h4-7,16H,8-11H2,1-3H3/p+1. The van der Waals surface area contributed by atoms with Crippen molar-refractivity contribution in [1.82, 2.24) is 0 Å². The van der Waals surface area contributed by atoms with Gasteiger partial charge in [-0.3, -0.25) is 0 Å². The van der Waals surface area contributed by atoms with Crippen molar-refractivity contribution in [3.63, 3.8) is 0 Å². The van der Waals surface area contributed by atoms with Crippen molar-refractivity contribution in [2.24, 2.45) is 0 Å². The van der Waals surface area contributed by atoms with Crippen molar-refractivity contribution >= 4 is 22.6 Å². The van der Waals surface area contributed by atoms with E-state index in [1.807, 2.05) is 24.3 Å². The number of hydrogen-bond donors (Lipinski definition) is 1. The molecule has 0 unspecified atom stereocenters. The number of halogens is 1. The van der Waals surface area contributed by atoms with Crippen LogP contribution in [0.1, 0.15) is 20.8 Å². The average Bonchev–Trinajstić information content (AvgIpc) is 2.29. The van der Waals surface area contributed by atoms with Crippen molar-refractivity contribution in [1.29, 1.82) is 0 Å². The van der Waals surface area contributed by atoms with Crippen molar-refractivity contribution in [3.8, 4) is 5.75 Å². The van der Waals surface area contributed by atoms with Gasteiger partial charge in [0.2, 0.25) is 0 Å². The van der Waals surface area contributed by atoms with Crippen LogP contribution in [0.4, 0.5) is 0 Å². The molecule has 2 N–H and O–H groups in total. The molecule has 0 amide bonds. The second-order valence-electron chi connectivity index (χ2n) is 5.27. The Kier molecular flexibility index (Phi) is 6.96. The first-order valence-electron chi connectivity index (χ1n) is 6.28. The smallest absolute Gasteiger partial charge is 0.119 e. The molecule has 0 saturated carbocycles. The minimum absolute atomic E-state index is 0.279. The van der Waals surface area contributed by atoms with Gasteiger partial charge in [0.05, 0.1) is 25.3 Å². The van der Waals surface area contributed by atoms with Crippen LogP contribution in [-0.4, -0.2) is 31.9 Å². The van der Waals surface area contributed by atoms with Crippen LogP contribution in [0.15, 0.2) is 24.3 Å². The second kappa shape index (κ2) is 7.96. The highest BCUT2D eigenvalue weighted by Gasteiger charge is 2.11. The van der Waals surface area contributed by atoms with Crippen LogP contribution in [0.25, 0.3) is 0 Å². The zero-order valence-corrected chi connectivity index (χ0v) is 13.6. The first-order valence-corrected chi connectivity index (χ1v) is 7.36. The number of rotatable bonds is 7. The quantitative estimate of drug-likeness (QED) is 0.594. The normalized spacial score (nSPS) is 11.6. The van der Waals surface area contributed by atoms with Crippen molar-refractivity contribution in [2.45, 2.75) is 26.3 Å². The van der Waals surface area contributed by atoms with Crippen LogP contribution in [0.2, 0.25) is 0 Å². The van der Waals surface area contributed by atoms with E-state index in [1.165, 1.54) is 3.57 Å². The maximum atomic E-state index is 5.57. The van der Waals surface area contributed by atoms with Crippen LogP contribution in [0.5, 0.6) is 5.75 Å². The molecular formula is C14H23INO2+. The molecular weight excluding hydrogens is 341 g/mol. The van der Waals surface area contributed by atoms with E-state index >= 15 is 0 Å². The predicted octanol–water partition coefficient (Wildman–Crippen LogP) is 2.05. The Labute approximate surface area is 123 Å². The molecule has 102 valence electrons. The number of quaternary nitrogens is 1.